The molecule has 144 valence electrons. The smallest absolute Gasteiger partial charge is 0.233 e. The molecule has 0 radical (unpaired) electrons. The molecular formula is C22H23N3O2S. The lowest BCUT2D eigenvalue weighted by Crippen LogP contribution is -2.47. The molecule has 0 bridgehead atoms. The number of nitrogens with one attached hydrogen (secondary N) is 1. The lowest BCUT2D eigenvalue weighted by Gasteiger charge is -2.34. The van der Waals surface area contributed by atoms with E-state index in [-0.39, 0.29) is 11.8 Å². The Balaban J connectivity index is 1.69. The summed E-state index contributed by atoms with van der Waals surface area (Å²) in [6.07, 6.45) is 0.880. The van der Waals surface area contributed by atoms with Gasteiger partial charge in [0.05, 0.1) is 20.6 Å². The van der Waals surface area contributed by atoms with Gasteiger partial charge in [0.15, 0.2) is 0 Å². The summed E-state index contributed by atoms with van der Waals surface area (Å²) in [5, 5.41) is 3.79. The number of fused-ring (bicyclic) bond motifs is 1. The van der Waals surface area contributed by atoms with Gasteiger partial charge in [-0.25, -0.2) is 4.98 Å². The van der Waals surface area contributed by atoms with Crippen LogP contribution in [-0.2, 0) is 21.4 Å². The van der Waals surface area contributed by atoms with Gasteiger partial charge in [0, 0.05) is 32.5 Å². The first-order chi connectivity index (χ1) is 13.6. The predicted molar refractivity (Wildman–Crippen MR) is 111 cm³/mol. The van der Waals surface area contributed by atoms with Gasteiger partial charge in [-0.15, -0.1) is 11.3 Å². The van der Waals surface area contributed by atoms with Crippen molar-refractivity contribution in [1.82, 2.24) is 15.2 Å². The highest BCUT2D eigenvalue weighted by atomic mass is 32.1. The highest BCUT2D eigenvalue weighted by Gasteiger charge is 2.39. The average molecular weight is 394 g/mol. The van der Waals surface area contributed by atoms with Crippen LogP contribution >= 0.6 is 11.3 Å². The zero-order valence-corrected chi connectivity index (χ0v) is 16.7. The van der Waals surface area contributed by atoms with E-state index in [4.69, 9.17) is 4.98 Å². The number of rotatable bonds is 4. The Morgan fingerprint density at radius 2 is 1.89 bits per heavy atom. The van der Waals surface area contributed by atoms with Crippen LogP contribution < -0.4 is 5.32 Å². The highest BCUT2D eigenvalue weighted by molar-refractivity contribution is 7.18. The number of thiazole rings is 1. The molecule has 5 nitrogen and oxygen atoms in total. The first kappa shape index (κ1) is 18.6. The van der Waals surface area contributed by atoms with E-state index in [0.29, 0.717) is 32.5 Å². The van der Waals surface area contributed by atoms with E-state index < -0.39 is 5.41 Å². The first-order valence-electron chi connectivity index (χ1n) is 9.52. The molecule has 1 aliphatic rings. The van der Waals surface area contributed by atoms with Crippen molar-refractivity contribution in [2.24, 2.45) is 0 Å². The maximum absolute atomic E-state index is 13.7. The van der Waals surface area contributed by atoms with E-state index in [2.05, 4.69) is 11.4 Å². The zero-order chi connectivity index (χ0) is 19.6. The third kappa shape index (κ3) is 3.64. The second kappa shape index (κ2) is 7.72. The molecule has 1 fully saturated rings. The summed E-state index contributed by atoms with van der Waals surface area (Å²) in [7, 11) is 0. The minimum Gasteiger partial charge on any atom is -0.354 e. The van der Waals surface area contributed by atoms with Gasteiger partial charge in [-0.05, 0) is 24.6 Å². The molecular weight excluding hydrogens is 370 g/mol. The lowest BCUT2D eigenvalue weighted by molar-refractivity contribution is -0.136. The lowest BCUT2D eigenvalue weighted by atomic mass is 9.78. The molecule has 1 atom stereocenters. The molecule has 2 amide bonds. The van der Waals surface area contributed by atoms with Crippen LogP contribution in [0.5, 0.6) is 0 Å². The van der Waals surface area contributed by atoms with Crippen LogP contribution in [0.1, 0.15) is 23.9 Å². The van der Waals surface area contributed by atoms with Crippen molar-refractivity contribution < 1.29 is 9.59 Å². The number of aromatic nitrogens is 1. The van der Waals surface area contributed by atoms with Crippen molar-refractivity contribution in [2.45, 2.75) is 25.2 Å². The monoisotopic (exact) mass is 393 g/mol. The number of benzene rings is 2. The van der Waals surface area contributed by atoms with Gasteiger partial charge in [-0.1, -0.05) is 42.5 Å². The molecule has 4 rings (SSSR count). The van der Waals surface area contributed by atoms with Crippen molar-refractivity contribution in [1.29, 1.82) is 0 Å². The predicted octanol–water partition coefficient (Wildman–Crippen LogP) is 3.15. The number of carbonyl (C=O) groups excluding carboxylic acids is 2. The summed E-state index contributed by atoms with van der Waals surface area (Å²) in [5.41, 5.74) is 1.21. The van der Waals surface area contributed by atoms with Crippen molar-refractivity contribution in [3.05, 3.63) is 65.2 Å². The van der Waals surface area contributed by atoms with Gasteiger partial charge < -0.3 is 10.2 Å². The molecule has 0 unspecified atom stereocenters. The number of hydrogen-bond donors (Lipinski definition) is 1. The third-order valence-corrected chi connectivity index (χ3v) is 6.36. The minimum atomic E-state index is -0.734. The Hall–Kier alpha value is -2.73. The zero-order valence-electron chi connectivity index (χ0n) is 15.9. The van der Waals surface area contributed by atoms with Crippen LogP contribution in [0.2, 0.25) is 0 Å². The summed E-state index contributed by atoms with van der Waals surface area (Å²) in [5.74, 6) is 0.0531. The Morgan fingerprint density at radius 1 is 1.14 bits per heavy atom. The Labute approximate surface area is 168 Å². The largest absolute Gasteiger partial charge is 0.354 e. The first-order valence-corrected chi connectivity index (χ1v) is 10.3. The van der Waals surface area contributed by atoms with Crippen LogP contribution in [0.3, 0.4) is 0 Å². The fourth-order valence-electron chi connectivity index (χ4n) is 3.72. The molecule has 1 saturated heterocycles. The number of amides is 2. The number of nitrogens with zero attached hydrogens (tertiary/aromatic N) is 2. The minimum absolute atomic E-state index is 0.00267. The van der Waals surface area contributed by atoms with Gasteiger partial charge in [0.25, 0.3) is 0 Å². The van der Waals surface area contributed by atoms with Crippen LogP contribution in [0.15, 0.2) is 54.6 Å². The van der Waals surface area contributed by atoms with Crippen LogP contribution in [0.25, 0.3) is 10.2 Å². The van der Waals surface area contributed by atoms with E-state index in [1.807, 2.05) is 60.4 Å². The molecule has 1 N–H and O–H groups in total. The summed E-state index contributed by atoms with van der Waals surface area (Å²) in [4.78, 5) is 31.9. The summed E-state index contributed by atoms with van der Waals surface area (Å²) in [6, 6.07) is 18.0. The standard InChI is InChI=1S/C22H23N3O2S/c1-22(16-7-3-2-4-8-16,21(27)25-13-11-19(26)23-12-14-25)15-20-24-17-9-5-6-10-18(17)28-20/h2-10H,11-15H2,1H3,(H,23,26)/t22-/m1/s1. The van der Waals surface area contributed by atoms with Crippen molar-refractivity contribution in [2.75, 3.05) is 19.6 Å². The molecule has 1 aliphatic heterocycles. The molecule has 2 aromatic carbocycles. The van der Waals surface area contributed by atoms with Crippen LogP contribution in [-0.4, -0.2) is 41.3 Å². The van der Waals surface area contributed by atoms with E-state index in [1.165, 1.54) is 0 Å². The van der Waals surface area contributed by atoms with E-state index in [0.717, 1.165) is 20.8 Å². The fourth-order valence-corrected chi connectivity index (χ4v) is 4.85. The van der Waals surface area contributed by atoms with E-state index >= 15 is 0 Å². The summed E-state index contributed by atoms with van der Waals surface area (Å²) in [6.45, 7) is 3.48. The van der Waals surface area contributed by atoms with Gasteiger partial charge >= 0.3 is 0 Å². The van der Waals surface area contributed by atoms with Crippen molar-refractivity contribution in [3.63, 3.8) is 0 Å². The van der Waals surface area contributed by atoms with E-state index in [9.17, 15) is 9.59 Å². The van der Waals surface area contributed by atoms with Gasteiger partial charge in [-0.2, -0.15) is 0 Å². The molecule has 28 heavy (non-hydrogen) atoms. The molecule has 0 aliphatic carbocycles. The highest BCUT2D eigenvalue weighted by Crippen LogP contribution is 2.33. The molecule has 3 aromatic rings. The molecule has 0 spiro atoms. The Morgan fingerprint density at radius 3 is 2.68 bits per heavy atom. The fraction of sp³-hybridized carbons (Fsp3) is 0.318. The number of para-hydroxylation sites is 1. The normalized spacial score (nSPS) is 17.0. The molecule has 0 saturated carbocycles. The van der Waals surface area contributed by atoms with Crippen molar-refractivity contribution >= 4 is 33.4 Å². The van der Waals surface area contributed by atoms with Gasteiger partial charge in [0.2, 0.25) is 11.8 Å². The second-order valence-electron chi connectivity index (χ2n) is 7.34. The second-order valence-corrected chi connectivity index (χ2v) is 8.46. The SMILES string of the molecule is C[C@](Cc1nc2ccccc2s1)(C(=O)N1CCNC(=O)CC1)c1ccccc1. The maximum Gasteiger partial charge on any atom is 0.233 e. The Bertz CT molecular complexity index is 968. The number of hydrogen-bond acceptors (Lipinski definition) is 4. The summed E-state index contributed by atoms with van der Waals surface area (Å²) < 4.78 is 1.13. The topological polar surface area (TPSA) is 62.3 Å². The maximum atomic E-state index is 13.7. The number of carbonyl (C=O) groups is 2. The average Bonchev–Trinajstić information content (AvgIpc) is 2.99. The van der Waals surface area contributed by atoms with Gasteiger partial charge in [0.1, 0.15) is 0 Å². The molecule has 1 aromatic heterocycles. The Kier molecular flexibility index (Phi) is 5.13. The van der Waals surface area contributed by atoms with Gasteiger partial charge in [-0.3, -0.25) is 9.59 Å². The van der Waals surface area contributed by atoms with Crippen molar-refractivity contribution in [3.8, 4) is 0 Å². The third-order valence-electron chi connectivity index (χ3n) is 5.33. The quantitative estimate of drug-likeness (QED) is 0.741. The summed E-state index contributed by atoms with van der Waals surface area (Å²) >= 11 is 1.64. The van der Waals surface area contributed by atoms with E-state index in [1.54, 1.807) is 11.3 Å². The molecule has 2 heterocycles. The molecule has 6 heteroatoms. The van der Waals surface area contributed by atoms with Crippen LogP contribution in [0, 0.1) is 0 Å². The van der Waals surface area contributed by atoms with Crippen LogP contribution in [0.4, 0.5) is 0 Å².